The summed E-state index contributed by atoms with van der Waals surface area (Å²) in [6, 6.07) is 12.6. The van der Waals surface area contributed by atoms with E-state index in [0.717, 1.165) is 15.5 Å². The molecule has 0 aliphatic heterocycles. The molecule has 0 aliphatic carbocycles. The van der Waals surface area contributed by atoms with E-state index in [1.54, 1.807) is 16.9 Å². The molecule has 0 unspecified atom stereocenters. The van der Waals surface area contributed by atoms with Gasteiger partial charge in [0, 0.05) is 9.86 Å². The Morgan fingerprint density at radius 3 is 2.71 bits per heavy atom. The molecule has 0 amide bonds. The first-order chi connectivity index (χ1) is 8.27. The zero-order valence-electron chi connectivity index (χ0n) is 8.77. The van der Waals surface area contributed by atoms with Crippen molar-refractivity contribution in [1.82, 2.24) is 9.78 Å². The minimum absolute atomic E-state index is 0.268. The smallest absolute Gasteiger partial charge is 0.149 e. The zero-order valence-corrected chi connectivity index (χ0v) is 10.4. The highest BCUT2D eigenvalue weighted by Gasteiger charge is 2.10. The number of para-hydroxylation sites is 2. The number of rotatable bonds is 1. The third kappa shape index (κ3) is 1.65. The number of fused-ring (bicyclic) bond motifs is 1. The Kier molecular flexibility index (Phi) is 2.44. The Labute approximate surface area is 106 Å². The summed E-state index contributed by atoms with van der Waals surface area (Å²) in [5.41, 5.74) is 1.33. The number of halogens is 2. The molecule has 0 N–H and O–H groups in total. The summed E-state index contributed by atoms with van der Waals surface area (Å²) >= 11 is 3.44. The summed E-state index contributed by atoms with van der Waals surface area (Å²) in [6.45, 7) is 0. The molecule has 0 saturated carbocycles. The van der Waals surface area contributed by atoms with Crippen molar-refractivity contribution in [3.8, 4) is 5.69 Å². The molecule has 1 aromatic heterocycles. The number of hydrogen-bond donors (Lipinski definition) is 0. The summed E-state index contributed by atoms with van der Waals surface area (Å²) in [5, 5.41) is 5.03. The van der Waals surface area contributed by atoms with Gasteiger partial charge in [0.25, 0.3) is 0 Å². The van der Waals surface area contributed by atoms with Crippen LogP contribution < -0.4 is 0 Å². The molecule has 2 nitrogen and oxygen atoms in total. The van der Waals surface area contributed by atoms with E-state index in [1.807, 2.05) is 30.3 Å². The molecule has 4 heteroatoms. The van der Waals surface area contributed by atoms with Crippen molar-refractivity contribution in [3.05, 3.63) is 59.0 Å². The van der Waals surface area contributed by atoms with Crippen LogP contribution in [-0.4, -0.2) is 9.78 Å². The average molecular weight is 291 g/mol. The standard InChI is InChI=1S/C13H8BrFN2/c14-10-5-1-2-7-12(10)17-13-9(8-16-17)4-3-6-11(13)15/h1-8H. The Morgan fingerprint density at radius 2 is 1.88 bits per heavy atom. The number of benzene rings is 2. The van der Waals surface area contributed by atoms with Gasteiger partial charge in [-0.05, 0) is 34.1 Å². The number of nitrogens with zero attached hydrogens (tertiary/aromatic N) is 2. The van der Waals surface area contributed by atoms with Crippen LogP contribution in [0.4, 0.5) is 4.39 Å². The molecule has 0 spiro atoms. The first-order valence-corrected chi connectivity index (χ1v) is 5.94. The molecule has 3 aromatic rings. The van der Waals surface area contributed by atoms with Gasteiger partial charge in [0.1, 0.15) is 11.3 Å². The molecule has 0 saturated heterocycles. The summed E-state index contributed by atoms with van der Waals surface area (Å²) in [5.74, 6) is -0.268. The number of hydrogen-bond acceptors (Lipinski definition) is 1. The van der Waals surface area contributed by atoms with E-state index in [1.165, 1.54) is 6.07 Å². The lowest BCUT2D eigenvalue weighted by Gasteiger charge is -2.06. The first kappa shape index (κ1) is 10.5. The average Bonchev–Trinajstić information content (AvgIpc) is 2.75. The van der Waals surface area contributed by atoms with Gasteiger partial charge >= 0.3 is 0 Å². The van der Waals surface area contributed by atoms with Crippen LogP contribution in [0.5, 0.6) is 0 Å². The molecule has 84 valence electrons. The quantitative estimate of drug-likeness (QED) is 0.664. The van der Waals surface area contributed by atoms with Crippen molar-refractivity contribution in [2.75, 3.05) is 0 Å². The fraction of sp³-hybridized carbons (Fsp3) is 0. The van der Waals surface area contributed by atoms with Crippen molar-refractivity contribution >= 4 is 26.8 Å². The lowest BCUT2D eigenvalue weighted by molar-refractivity contribution is 0.631. The SMILES string of the molecule is Fc1cccc2cnn(-c3ccccc3Br)c12. The molecule has 0 bridgehead atoms. The van der Waals surface area contributed by atoms with Gasteiger partial charge in [-0.1, -0.05) is 24.3 Å². The third-order valence-corrected chi connectivity index (χ3v) is 3.29. The minimum Gasteiger partial charge on any atom is -0.229 e. The van der Waals surface area contributed by atoms with Gasteiger partial charge in [0.05, 0.1) is 11.9 Å². The van der Waals surface area contributed by atoms with E-state index >= 15 is 0 Å². The highest BCUT2D eigenvalue weighted by molar-refractivity contribution is 9.10. The topological polar surface area (TPSA) is 17.8 Å². The lowest BCUT2D eigenvalue weighted by atomic mass is 10.2. The minimum atomic E-state index is -0.268. The van der Waals surface area contributed by atoms with E-state index in [-0.39, 0.29) is 5.82 Å². The molecule has 1 heterocycles. The van der Waals surface area contributed by atoms with Crippen molar-refractivity contribution in [2.45, 2.75) is 0 Å². The second kappa shape index (κ2) is 3.96. The predicted octanol–water partition coefficient (Wildman–Crippen LogP) is 3.93. The van der Waals surface area contributed by atoms with Crippen molar-refractivity contribution < 1.29 is 4.39 Å². The van der Waals surface area contributed by atoms with E-state index in [4.69, 9.17) is 0 Å². The molecule has 0 radical (unpaired) electrons. The molecule has 2 aromatic carbocycles. The van der Waals surface area contributed by atoms with E-state index in [2.05, 4.69) is 21.0 Å². The highest BCUT2D eigenvalue weighted by atomic mass is 79.9. The summed E-state index contributed by atoms with van der Waals surface area (Å²) in [7, 11) is 0. The molecule has 0 fully saturated rings. The molecular weight excluding hydrogens is 283 g/mol. The summed E-state index contributed by atoms with van der Waals surface area (Å²) in [4.78, 5) is 0. The predicted molar refractivity (Wildman–Crippen MR) is 68.7 cm³/mol. The van der Waals surface area contributed by atoms with Crippen LogP contribution in [0.15, 0.2) is 53.1 Å². The van der Waals surface area contributed by atoms with Gasteiger partial charge in [0.2, 0.25) is 0 Å². The van der Waals surface area contributed by atoms with Gasteiger partial charge in [-0.15, -0.1) is 0 Å². The lowest BCUT2D eigenvalue weighted by Crippen LogP contribution is -1.98. The van der Waals surface area contributed by atoms with Crippen LogP contribution in [-0.2, 0) is 0 Å². The summed E-state index contributed by atoms with van der Waals surface area (Å²) < 4.78 is 16.3. The molecular formula is C13H8BrFN2. The second-order valence-corrected chi connectivity index (χ2v) is 4.54. The second-order valence-electron chi connectivity index (χ2n) is 3.69. The maximum atomic E-state index is 13.8. The Bertz CT molecular complexity index is 691. The van der Waals surface area contributed by atoms with Gasteiger partial charge in [-0.3, -0.25) is 0 Å². The van der Waals surface area contributed by atoms with Crippen LogP contribution >= 0.6 is 15.9 Å². The Hall–Kier alpha value is -1.68. The van der Waals surface area contributed by atoms with Gasteiger partial charge < -0.3 is 0 Å². The maximum absolute atomic E-state index is 13.8. The molecule has 0 atom stereocenters. The fourth-order valence-electron chi connectivity index (χ4n) is 1.84. The normalized spacial score (nSPS) is 10.9. The first-order valence-electron chi connectivity index (χ1n) is 5.14. The highest BCUT2D eigenvalue weighted by Crippen LogP contribution is 2.25. The fourth-order valence-corrected chi connectivity index (χ4v) is 2.30. The third-order valence-electron chi connectivity index (χ3n) is 2.62. The van der Waals surface area contributed by atoms with E-state index in [9.17, 15) is 4.39 Å². The molecule has 0 aliphatic rings. The van der Waals surface area contributed by atoms with Gasteiger partial charge in [-0.25, -0.2) is 9.07 Å². The molecule has 17 heavy (non-hydrogen) atoms. The monoisotopic (exact) mass is 290 g/mol. The Morgan fingerprint density at radius 1 is 1.06 bits per heavy atom. The van der Waals surface area contributed by atoms with Gasteiger partial charge in [0.15, 0.2) is 0 Å². The van der Waals surface area contributed by atoms with Crippen LogP contribution in [0, 0.1) is 5.82 Å². The largest absolute Gasteiger partial charge is 0.229 e. The van der Waals surface area contributed by atoms with E-state index < -0.39 is 0 Å². The van der Waals surface area contributed by atoms with Crippen molar-refractivity contribution in [1.29, 1.82) is 0 Å². The number of aromatic nitrogens is 2. The van der Waals surface area contributed by atoms with Crippen LogP contribution in [0.25, 0.3) is 16.6 Å². The van der Waals surface area contributed by atoms with Crippen molar-refractivity contribution in [2.24, 2.45) is 0 Å². The zero-order chi connectivity index (χ0) is 11.8. The Balaban J connectivity index is 2.36. The molecule has 3 rings (SSSR count). The summed E-state index contributed by atoms with van der Waals surface area (Å²) in [6.07, 6.45) is 1.66. The van der Waals surface area contributed by atoms with E-state index in [0.29, 0.717) is 5.52 Å². The maximum Gasteiger partial charge on any atom is 0.149 e. The van der Waals surface area contributed by atoms with Crippen LogP contribution in [0.3, 0.4) is 0 Å². The van der Waals surface area contributed by atoms with Crippen LogP contribution in [0.1, 0.15) is 0 Å². The van der Waals surface area contributed by atoms with Gasteiger partial charge in [-0.2, -0.15) is 5.10 Å². The van der Waals surface area contributed by atoms with Crippen molar-refractivity contribution in [3.63, 3.8) is 0 Å². The van der Waals surface area contributed by atoms with Crippen LogP contribution in [0.2, 0.25) is 0 Å².